The standard InChI is InChI=1S/C23H26ClN3O5S/c1-3-20(28)26-12-14-27(15-13-26)23(30)22(25-21(29)18-6-4-5-7-19(18)24)33(31,32)17-10-8-16(2)9-11-17/h4-11,22H,3,12-15H2,1-2H3,(H,25,29). The number of sulfone groups is 1. The van der Waals surface area contributed by atoms with Gasteiger partial charge in [-0.05, 0) is 31.2 Å². The van der Waals surface area contributed by atoms with Crippen LogP contribution in [0.4, 0.5) is 0 Å². The summed E-state index contributed by atoms with van der Waals surface area (Å²) in [6, 6.07) is 12.3. The highest BCUT2D eigenvalue weighted by atomic mass is 35.5. The summed E-state index contributed by atoms with van der Waals surface area (Å²) in [5.74, 6) is -1.55. The van der Waals surface area contributed by atoms with Crippen LogP contribution in [0.25, 0.3) is 0 Å². The van der Waals surface area contributed by atoms with E-state index in [0.717, 1.165) is 5.56 Å². The molecular weight excluding hydrogens is 466 g/mol. The fourth-order valence-corrected chi connectivity index (χ4v) is 5.23. The van der Waals surface area contributed by atoms with Crippen LogP contribution in [0.5, 0.6) is 0 Å². The number of aryl methyl sites for hydroxylation is 1. The van der Waals surface area contributed by atoms with Gasteiger partial charge in [0.2, 0.25) is 21.1 Å². The molecule has 1 atom stereocenters. The Hall–Kier alpha value is -2.91. The summed E-state index contributed by atoms with van der Waals surface area (Å²) < 4.78 is 26.9. The zero-order valence-corrected chi connectivity index (χ0v) is 20.0. The van der Waals surface area contributed by atoms with Crippen LogP contribution in [0.3, 0.4) is 0 Å². The molecule has 0 spiro atoms. The predicted octanol–water partition coefficient (Wildman–Crippen LogP) is 2.26. The highest BCUT2D eigenvalue weighted by molar-refractivity contribution is 7.92. The molecule has 1 unspecified atom stereocenters. The molecule has 1 N–H and O–H groups in total. The zero-order valence-electron chi connectivity index (χ0n) is 18.5. The minimum absolute atomic E-state index is 0.0297. The number of benzene rings is 2. The van der Waals surface area contributed by atoms with Gasteiger partial charge in [-0.3, -0.25) is 14.4 Å². The van der Waals surface area contributed by atoms with Crippen LogP contribution in [0, 0.1) is 6.92 Å². The van der Waals surface area contributed by atoms with Crippen molar-refractivity contribution in [1.82, 2.24) is 15.1 Å². The Kier molecular flexibility index (Phi) is 7.76. The van der Waals surface area contributed by atoms with Crippen molar-refractivity contribution in [3.8, 4) is 0 Å². The number of nitrogens with zero attached hydrogens (tertiary/aromatic N) is 2. The fourth-order valence-electron chi connectivity index (χ4n) is 3.54. The number of hydrogen-bond acceptors (Lipinski definition) is 5. The molecule has 1 saturated heterocycles. The molecule has 0 aromatic heterocycles. The molecule has 33 heavy (non-hydrogen) atoms. The molecule has 0 saturated carbocycles. The van der Waals surface area contributed by atoms with E-state index in [4.69, 9.17) is 11.6 Å². The second kappa shape index (κ2) is 10.4. The normalized spacial score (nSPS) is 15.1. The lowest BCUT2D eigenvalue weighted by atomic mass is 10.2. The number of nitrogens with one attached hydrogen (secondary N) is 1. The average Bonchev–Trinajstić information content (AvgIpc) is 2.82. The fraction of sp³-hybridized carbons (Fsp3) is 0.348. The lowest BCUT2D eigenvalue weighted by molar-refractivity contribution is -0.139. The van der Waals surface area contributed by atoms with Crippen LogP contribution in [0.15, 0.2) is 53.4 Å². The topological polar surface area (TPSA) is 104 Å². The van der Waals surface area contributed by atoms with Crippen molar-refractivity contribution in [3.63, 3.8) is 0 Å². The maximum absolute atomic E-state index is 13.4. The largest absolute Gasteiger partial charge is 0.339 e. The van der Waals surface area contributed by atoms with E-state index >= 15 is 0 Å². The van der Waals surface area contributed by atoms with E-state index in [1.807, 2.05) is 6.92 Å². The van der Waals surface area contributed by atoms with Gasteiger partial charge < -0.3 is 15.1 Å². The number of rotatable bonds is 6. The summed E-state index contributed by atoms with van der Waals surface area (Å²) in [4.78, 5) is 41.1. The Balaban J connectivity index is 1.91. The van der Waals surface area contributed by atoms with E-state index in [1.54, 1.807) is 36.1 Å². The molecule has 1 aliphatic heterocycles. The van der Waals surface area contributed by atoms with E-state index in [0.29, 0.717) is 19.5 Å². The third kappa shape index (κ3) is 5.54. The van der Waals surface area contributed by atoms with Crippen LogP contribution in [-0.4, -0.2) is 67.5 Å². The summed E-state index contributed by atoms with van der Waals surface area (Å²) in [6.07, 6.45) is 0.353. The number of piperazine rings is 1. The van der Waals surface area contributed by atoms with E-state index in [1.165, 1.54) is 29.2 Å². The highest BCUT2D eigenvalue weighted by Crippen LogP contribution is 2.20. The summed E-state index contributed by atoms with van der Waals surface area (Å²) >= 11 is 6.10. The second-order valence-electron chi connectivity index (χ2n) is 7.75. The minimum atomic E-state index is -4.26. The molecule has 1 fully saturated rings. The van der Waals surface area contributed by atoms with Gasteiger partial charge in [-0.1, -0.05) is 48.4 Å². The Morgan fingerprint density at radius 3 is 2.12 bits per heavy atom. The molecule has 1 aliphatic rings. The monoisotopic (exact) mass is 491 g/mol. The molecule has 0 bridgehead atoms. The average molecular weight is 492 g/mol. The first kappa shape index (κ1) is 24.7. The van der Waals surface area contributed by atoms with Crippen molar-refractivity contribution in [3.05, 3.63) is 64.7 Å². The zero-order chi connectivity index (χ0) is 24.2. The van der Waals surface area contributed by atoms with E-state index in [9.17, 15) is 22.8 Å². The van der Waals surface area contributed by atoms with Gasteiger partial charge >= 0.3 is 0 Å². The number of amides is 3. The van der Waals surface area contributed by atoms with Crippen molar-refractivity contribution in [2.45, 2.75) is 30.5 Å². The Bertz CT molecular complexity index is 1140. The molecule has 0 aliphatic carbocycles. The van der Waals surface area contributed by atoms with Crippen LogP contribution in [0.2, 0.25) is 5.02 Å². The van der Waals surface area contributed by atoms with E-state index in [2.05, 4.69) is 5.32 Å². The molecule has 0 radical (unpaired) electrons. The summed E-state index contributed by atoms with van der Waals surface area (Å²) in [5, 5.41) is 0.690. The molecule has 2 aromatic carbocycles. The Morgan fingerprint density at radius 1 is 0.970 bits per heavy atom. The van der Waals surface area contributed by atoms with Crippen molar-refractivity contribution in [1.29, 1.82) is 0 Å². The lowest BCUT2D eigenvalue weighted by Crippen LogP contribution is -2.57. The molecule has 2 aromatic rings. The number of hydrogen-bond donors (Lipinski definition) is 1. The molecular formula is C23H26ClN3O5S. The van der Waals surface area contributed by atoms with Crippen molar-refractivity contribution < 1.29 is 22.8 Å². The first-order chi connectivity index (χ1) is 15.6. The maximum Gasteiger partial charge on any atom is 0.261 e. The van der Waals surface area contributed by atoms with Crippen LogP contribution in [0.1, 0.15) is 29.3 Å². The molecule has 3 rings (SSSR count). The second-order valence-corrected chi connectivity index (χ2v) is 10.2. The van der Waals surface area contributed by atoms with Gasteiger partial charge in [0.1, 0.15) is 0 Å². The number of carbonyl (C=O) groups is 3. The number of halogens is 1. The van der Waals surface area contributed by atoms with Gasteiger partial charge in [0.05, 0.1) is 15.5 Å². The molecule has 8 nitrogen and oxygen atoms in total. The quantitative estimate of drug-likeness (QED) is 0.667. The van der Waals surface area contributed by atoms with Gasteiger partial charge in [-0.15, -0.1) is 0 Å². The lowest BCUT2D eigenvalue weighted by Gasteiger charge is -2.36. The van der Waals surface area contributed by atoms with Crippen molar-refractivity contribution in [2.24, 2.45) is 0 Å². The molecule has 1 heterocycles. The third-order valence-corrected chi connectivity index (χ3v) is 7.71. The molecule has 10 heteroatoms. The first-order valence-corrected chi connectivity index (χ1v) is 12.5. The smallest absolute Gasteiger partial charge is 0.261 e. The van der Waals surface area contributed by atoms with Crippen LogP contribution >= 0.6 is 11.6 Å². The molecule has 3 amide bonds. The van der Waals surface area contributed by atoms with Gasteiger partial charge in [0, 0.05) is 32.6 Å². The predicted molar refractivity (Wildman–Crippen MR) is 125 cm³/mol. The van der Waals surface area contributed by atoms with Crippen LogP contribution < -0.4 is 5.32 Å². The minimum Gasteiger partial charge on any atom is -0.339 e. The van der Waals surface area contributed by atoms with E-state index in [-0.39, 0.29) is 34.5 Å². The van der Waals surface area contributed by atoms with Gasteiger partial charge in [0.25, 0.3) is 11.8 Å². The maximum atomic E-state index is 13.4. The van der Waals surface area contributed by atoms with Crippen molar-refractivity contribution >= 4 is 39.2 Å². The first-order valence-electron chi connectivity index (χ1n) is 10.6. The number of carbonyl (C=O) groups excluding carboxylic acids is 3. The highest BCUT2D eigenvalue weighted by Gasteiger charge is 2.39. The van der Waals surface area contributed by atoms with Crippen LogP contribution in [-0.2, 0) is 19.4 Å². The van der Waals surface area contributed by atoms with Crippen molar-refractivity contribution in [2.75, 3.05) is 26.2 Å². The van der Waals surface area contributed by atoms with Gasteiger partial charge in [-0.2, -0.15) is 0 Å². The summed E-state index contributed by atoms with van der Waals surface area (Å²) in [6.45, 7) is 4.52. The Labute approximate surface area is 198 Å². The summed E-state index contributed by atoms with van der Waals surface area (Å²) in [5.41, 5.74) is 0.920. The van der Waals surface area contributed by atoms with E-state index < -0.39 is 27.0 Å². The third-order valence-electron chi connectivity index (χ3n) is 5.51. The SMILES string of the molecule is CCC(=O)N1CCN(C(=O)C(NC(=O)c2ccccc2Cl)S(=O)(=O)c2ccc(C)cc2)CC1. The molecule has 176 valence electrons. The summed E-state index contributed by atoms with van der Waals surface area (Å²) in [7, 11) is -4.26. The Morgan fingerprint density at radius 2 is 1.55 bits per heavy atom. The van der Waals surface area contributed by atoms with Gasteiger partial charge in [-0.25, -0.2) is 8.42 Å². The van der Waals surface area contributed by atoms with Gasteiger partial charge in [0.15, 0.2) is 0 Å².